The van der Waals surface area contributed by atoms with Crippen LogP contribution in [0.2, 0.25) is 0 Å². The van der Waals surface area contributed by atoms with Gasteiger partial charge in [0.1, 0.15) is 0 Å². The quantitative estimate of drug-likeness (QED) is 0.495. The van der Waals surface area contributed by atoms with E-state index in [1.165, 1.54) is 0 Å². The summed E-state index contributed by atoms with van der Waals surface area (Å²) in [6, 6.07) is 19.8. The SMILES string of the molecule is O=C(O)CCCCCOc1cc(-c2ccc3c(c2)OCO3)cc(-c2ccccc2)n1. The van der Waals surface area contributed by atoms with Crippen molar-refractivity contribution in [3.05, 3.63) is 60.7 Å². The van der Waals surface area contributed by atoms with E-state index in [0.717, 1.165) is 46.7 Å². The van der Waals surface area contributed by atoms with Gasteiger partial charge in [0.2, 0.25) is 12.7 Å². The molecule has 6 heteroatoms. The number of fused-ring (bicyclic) bond motifs is 1. The Morgan fingerprint density at radius 1 is 0.900 bits per heavy atom. The maximum Gasteiger partial charge on any atom is 0.303 e. The first-order valence-corrected chi connectivity index (χ1v) is 10.0. The Balaban J connectivity index is 1.55. The Bertz CT molecular complexity index is 1020. The molecule has 0 saturated carbocycles. The van der Waals surface area contributed by atoms with Gasteiger partial charge in [0.15, 0.2) is 11.5 Å². The van der Waals surface area contributed by atoms with E-state index in [9.17, 15) is 4.79 Å². The lowest BCUT2D eigenvalue weighted by atomic mass is 10.0. The van der Waals surface area contributed by atoms with E-state index in [0.29, 0.717) is 18.9 Å². The van der Waals surface area contributed by atoms with Gasteiger partial charge in [-0.2, -0.15) is 0 Å². The average Bonchev–Trinajstić information content (AvgIpc) is 3.24. The largest absolute Gasteiger partial charge is 0.481 e. The minimum atomic E-state index is -0.762. The first-order valence-electron chi connectivity index (χ1n) is 10.0. The summed E-state index contributed by atoms with van der Waals surface area (Å²) >= 11 is 0. The molecule has 0 fully saturated rings. The van der Waals surface area contributed by atoms with Crippen molar-refractivity contribution in [1.29, 1.82) is 0 Å². The summed E-state index contributed by atoms with van der Waals surface area (Å²) in [5.41, 5.74) is 3.80. The first kappa shape index (κ1) is 19.8. The summed E-state index contributed by atoms with van der Waals surface area (Å²) in [4.78, 5) is 15.3. The van der Waals surface area contributed by atoms with Crippen LogP contribution in [0, 0.1) is 0 Å². The molecule has 0 radical (unpaired) electrons. The Hall–Kier alpha value is -3.54. The molecule has 2 aromatic carbocycles. The van der Waals surface area contributed by atoms with Gasteiger partial charge in [-0.1, -0.05) is 36.4 Å². The van der Waals surface area contributed by atoms with E-state index in [1.54, 1.807) is 0 Å². The van der Waals surface area contributed by atoms with Crippen LogP contribution in [0.25, 0.3) is 22.4 Å². The second-order valence-corrected chi connectivity index (χ2v) is 7.07. The van der Waals surface area contributed by atoms with Crippen LogP contribution in [-0.4, -0.2) is 29.5 Å². The van der Waals surface area contributed by atoms with Crippen molar-refractivity contribution in [1.82, 2.24) is 4.98 Å². The van der Waals surface area contributed by atoms with E-state index in [1.807, 2.05) is 60.7 Å². The predicted octanol–water partition coefficient (Wildman–Crippen LogP) is 5.17. The zero-order valence-electron chi connectivity index (χ0n) is 16.5. The molecule has 0 spiro atoms. The van der Waals surface area contributed by atoms with Gasteiger partial charge in [-0.3, -0.25) is 4.79 Å². The summed E-state index contributed by atoms with van der Waals surface area (Å²) < 4.78 is 16.8. The monoisotopic (exact) mass is 405 g/mol. The number of pyridine rings is 1. The summed E-state index contributed by atoms with van der Waals surface area (Å²) in [6.45, 7) is 0.728. The Kier molecular flexibility index (Phi) is 6.13. The van der Waals surface area contributed by atoms with Gasteiger partial charge in [0, 0.05) is 18.1 Å². The number of benzene rings is 2. The molecule has 1 aromatic heterocycles. The average molecular weight is 405 g/mol. The Morgan fingerprint density at radius 3 is 2.57 bits per heavy atom. The number of hydrogen-bond acceptors (Lipinski definition) is 5. The molecule has 0 atom stereocenters. The maximum absolute atomic E-state index is 10.6. The highest BCUT2D eigenvalue weighted by atomic mass is 16.7. The van der Waals surface area contributed by atoms with Crippen LogP contribution in [0.4, 0.5) is 0 Å². The van der Waals surface area contributed by atoms with Crippen molar-refractivity contribution in [3.63, 3.8) is 0 Å². The van der Waals surface area contributed by atoms with Crippen molar-refractivity contribution in [2.24, 2.45) is 0 Å². The van der Waals surface area contributed by atoms with E-state index in [4.69, 9.17) is 19.3 Å². The highest BCUT2D eigenvalue weighted by Gasteiger charge is 2.15. The molecule has 0 saturated heterocycles. The summed E-state index contributed by atoms with van der Waals surface area (Å²) in [7, 11) is 0. The molecule has 3 aromatic rings. The van der Waals surface area contributed by atoms with Crippen molar-refractivity contribution in [3.8, 4) is 39.8 Å². The molecule has 4 rings (SSSR count). The number of aromatic nitrogens is 1. The fourth-order valence-electron chi connectivity index (χ4n) is 3.31. The summed E-state index contributed by atoms with van der Waals surface area (Å²) in [5, 5.41) is 8.73. The number of ether oxygens (including phenoxy) is 3. The first-order chi connectivity index (χ1) is 14.7. The molecule has 1 aliphatic rings. The number of carboxylic acids is 1. The zero-order chi connectivity index (χ0) is 20.8. The van der Waals surface area contributed by atoms with Crippen LogP contribution in [-0.2, 0) is 4.79 Å². The molecule has 154 valence electrons. The molecule has 0 amide bonds. The van der Waals surface area contributed by atoms with Crippen LogP contribution in [0.15, 0.2) is 60.7 Å². The lowest BCUT2D eigenvalue weighted by Gasteiger charge is -2.11. The standard InChI is InChI=1S/C24H23NO5/c26-24(27)9-5-2-6-12-28-23-15-19(13-20(25-23)17-7-3-1-4-8-17)18-10-11-21-22(14-18)30-16-29-21/h1,3-4,7-8,10-11,13-15H,2,5-6,9,12,16H2,(H,26,27). The molecule has 0 unspecified atom stereocenters. The molecule has 1 aliphatic heterocycles. The van der Waals surface area contributed by atoms with E-state index in [-0.39, 0.29) is 13.2 Å². The normalized spacial score (nSPS) is 12.0. The van der Waals surface area contributed by atoms with Crippen LogP contribution in [0.5, 0.6) is 17.4 Å². The topological polar surface area (TPSA) is 77.9 Å². The smallest absolute Gasteiger partial charge is 0.303 e. The van der Waals surface area contributed by atoms with Crippen molar-refractivity contribution >= 4 is 5.97 Å². The Labute approximate surface area is 175 Å². The predicted molar refractivity (Wildman–Crippen MR) is 113 cm³/mol. The summed E-state index contributed by atoms with van der Waals surface area (Å²) in [5.74, 6) is 1.25. The maximum atomic E-state index is 10.6. The third-order valence-electron chi connectivity index (χ3n) is 4.86. The number of rotatable bonds is 9. The third-order valence-corrected chi connectivity index (χ3v) is 4.86. The Morgan fingerprint density at radius 2 is 1.73 bits per heavy atom. The van der Waals surface area contributed by atoms with Gasteiger partial charge in [-0.05, 0) is 48.6 Å². The van der Waals surface area contributed by atoms with Gasteiger partial charge < -0.3 is 19.3 Å². The summed E-state index contributed by atoms with van der Waals surface area (Å²) in [6.07, 6.45) is 2.43. The molecule has 30 heavy (non-hydrogen) atoms. The lowest BCUT2D eigenvalue weighted by Crippen LogP contribution is -2.01. The second-order valence-electron chi connectivity index (χ2n) is 7.07. The third kappa shape index (κ3) is 4.89. The number of hydrogen-bond donors (Lipinski definition) is 1. The fraction of sp³-hybridized carbons (Fsp3) is 0.250. The van der Waals surface area contributed by atoms with Crippen LogP contribution >= 0.6 is 0 Å². The molecule has 2 heterocycles. The number of carboxylic acid groups (broad SMARTS) is 1. The van der Waals surface area contributed by atoms with Crippen LogP contribution < -0.4 is 14.2 Å². The van der Waals surface area contributed by atoms with Crippen molar-refractivity contribution in [2.75, 3.05) is 13.4 Å². The van der Waals surface area contributed by atoms with Gasteiger partial charge >= 0.3 is 5.97 Å². The second kappa shape index (κ2) is 9.31. The minimum absolute atomic E-state index is 0.190. The number of unbranched alkanes of at least 4 members (excludes halogenated alkanes) is 2. The molecule has 6 nitrogen and oxygen atoms in total. The highest BCUT2D eigenvalue weighted by molar-refractivity contribution is 5.73. The highest BCUT2D eigenvalue weighted by Crippen LogP contribution is 2.37. The van der Waals surface area contributed by atoms with E-state index >= 15 is 0 Å². The molecular formula is C24H23NO5. The lowest BCUT2D eigenvalue weighted by molar-refractivity contribution is -0.137. The molecular weight excluding hydrogens is 382 g/mol. The fourth-order valence-corrected chi connectivity index (χ4v) is 3.31. The van der Waals surface area contributed by atoms with Crippen LogP contribution in [0.1, 0.15) is 25.7 Å². The molecule has 0 bridgehead atoms. The van der Waals surface area contributed by atoms with Gasteiger partial charge in [0.05, 0.1) is 12.3 Å². The molecule has 1 N–H and O–H groups in total. The van der Waals surface area contributed by atoms with E-state index < -0.39 is 5.97 Å². The number of carbonyl (C=O) groups is 1. The number of nitrogens with zero attached hydrogens (tertiary/aromatic N) is 1. The zero-order valence-corrected chi connectivity index (χ0v) is 16.5. The molecule has 0 aliphatic carbocycles. The van der Waals surface area contributed by atoms with Gasteiger partial charge in [0.25, 0.3) is 0 Å². The van der Waals surface area contributed by atoms with Gasteiger partial charge in [-0.15, -0.1) is 0 Å². The minimum Gasteiger partial charge on any atom is -0.481 e. The van der Waals surface area contributed by atoms with E-state index in [2.05, 4.69) is 4.98 Å². The van der Waals surface area contributed by atoms with Crippen molar-refractivity contribution in [2.45, 2.75) is 25.7 Å². The number of aliphatic carboxylic acids is 1. The van der Waals surface area contributed by atoms with Crippen molar-refractivity contribution < 1.29 is 24.1 Å². The van der Waals surface area contributed by atoms with Crippen LogP contribution in [0.3, 0.4) is 0 Å². The van der Waals surface area contributed by atoms with Gasteiger partial charge in [-0.25, -0.2) is 4.98 Å².